The van der Waals surface area contributed by atoms with Crippen LogP contribution >= 0.6 is 11.6 Å². The predicted molar refractivity (Wildman–Crippen MR) is 55.8 cm³/mol. The first kappa shape index (κ1) is 8.22. The number of hydrogen-bond donors (Lipinski definition) is 0. The molecule has 2 rings (SSSR count). The Morgan fingerprint density at radius 3 is 2.92 bits per heavy atom. The molecule has 13 heavy (non-hydrogen) atoms. The van der Waals surface area contributed by atoms with Gasteiger partial charge in [0.2, 0.25) is 0 Å². The van der Waals surface area contributed by atoms with E-state index in [9.17, 15) is 0 Å². The van der Waals surface area contributed by atoms with E-state index in [2.05, 4.69) is 12.0 Å². The van der Waals surface area contributed by atoms with E-state index in [1.165, 1.54) is 0 Å². The number of hydrogen-bond acceptors (Lipinski definition) is 0. The fourth-order valence-corrected chi connectivity index (χ4v) is 1.51. The molecule has 1 heterocycles. The molecule has 0 atom stereocenters. The van der Waals surface area contributed by atoms with Crippen molar-refractivity contribution in [3.8, 4) is 12.0 Å². The van der Waals surface area contributed by atoms with Gasteiger partial charge in [0.15, 0.2) is 0 Å². The first-order valence-electron chi connectivity index (χ1n) is 4.00. The summed E-state index contributed by atoms with van der Waals surface area (Å²) >= 11 is 5.86. The maximum atomic E-state index is 5.86. The molecule has 0 unspecified atom stereocenters. The Bertz CT molecular complexity index is 500. The molecule has 0 bridgehead atoms. The Morgan fingerprint density at radius 2 is 2.15 bits per heavy atom. The average Bonchev–Trinajstić information content (AvgIpc) is 2.49. The van der Waals surface area contributed by atoms with Crippen LogP contribution in [0, 0.1) is 12.0 Å². The standard InChI is InChI=1S/C11H8ClN/c1-2-6-13-7-5-9-8-10(12)3-4-11(9)13/h3-5,7-8H,1H3. The van der Waals surface area contributed by atoms with Crippen molar-refractivity contribution in [3.63, 3.8) is 0 Å². The number of aromatic nitrogens is 1. The van der Waals surface area contributed by atoms with Crippen molar-refractivity contribution < 1.29 is 0 Å². The molecule has 0 radical (unpaired) electrons. The van der Waals surface area contributed by atoms with E-state index in [0.29, 0.717) is 0 Å². The van der Waals surface area contributed by atoms with Crippen molar-refractivity contribution in [2.75, 3.05) is 0 Å². The molecule has 0 saturated heterocycles. The van der Waals surface area contributed by atoms with Crippen LogP contribution in [-0.2, 0) is 0 Å². The summed E-state index contributed by atoms with van der Waals surface area (Å²) in [7, 11) is 0. The van der Waals surface area contributed by atoms with Crippen LogP contribution < -0.4 is 0 Å². The molecule has 0 amide bonds. The van der Waals surface area contributed by atoms with Gasteiger partial charge in [0.1, 0.15) is 0 Å². The van der Waals surface area contributed by atoms with Gasteiger partial charge in [-0.3, -0.25) is 4.57 Å². The third-order valence-electron chi connectivity index (χ3n) is 1.88. The highest BCUT2D eigenvalue weighted by atomic mass is 35.5. The van der Waals surface area contributed by atoms with Gasteiger partial charge in [-0.15, -0.1) is 0 Å². The molecular formula is C11H8ClN. The second-order valence-corrected chi connectivity index (χ2v) is 3.19. The highest BCUT2D eigenvalue weighted by molar-refractivity contribution is 6.31. The van der Waals surface area contributed by atoms with E-state index in [1.807, 2.05) is 42.0 Å². The molecule has 0 aliphatic heterocycles. The number of benzene rings is 1. The molecule has 0 aliphatic carbocycles. The van der Waals surface area contributed by atoms with Gasteiger partial charge >= 0.3 is 0 Å². The minimum absolute atomic E-state index is 0.759. The average molecular weight is 190 g/mol. The zero-order valence-electron chi connectivity index (χ0n) is 7.21. The first-order chi connectivity index (χ1) is 6.31. The predicted octanol–water partition coefficient (Wildman–Crippen LogP) is 3.12. The van der Waals surface area contributed by atoms with E-state index in [1.54, 1.807) is 0 Å². The third kappa shape index (κ3) is 1.41. The Morgan fingerprint density at radius 1 is 1.31 bits per heavy atom. The lowest BCUT2D eigenvalue weighted by atomic mass is 10.2. The molecule has 0 N–H and O–H groups in total. The van der Waals surface area contributed by atoms with Gasteiger partial charge in [0.25, 0.3) is 0 Å². The van der Waals surface area contributed by atoms with Gasteiger partial charge in [0, 0.05) is 22.7 Å². The number of halogens is 1. The second-order valence-electron chi connectivity index (χ2n) is 2.75. The zero-order valence-corrected chi connectivity index (χ0v) is 7.97. The molecule has 2 aromatic rings. The molecular weight excluding hydrogens is 182 g/mol. The maximum Gasteiger partial charge on any atom is 0.0612 e. The third-order valence-corrected chi connectivity index (χ3v) is 2.12. The summed E-state index contributed by atoms with van der Waals surface area (Å²) in [4.78, 5) is 0. The van der Waals surface area contributed by atoms with Crippen molar-refractivity contribution in [2.24, 2.45) is 0 Å². The Labute approximate surface area is 81.9 Å². The summed E-state index contributed by atoms with van der Waals surface area (Å²) in [5.74, 6) is 2.86. The lowest BCUT2D eigenvalue weighted by molar-refractivity contribution is 1.20. The number of rotatable bonds is 0. The molecule has 0 spiro atoms. The molecule has 64 valence electrons. The summed E-state index contributed by atoms with van der Waals surface area (Å²) in [5, 5.41) is 1.88. The minimum atomic E-state index is 0.759. The van der Waals surface area contributed by atoms with Gasteiger partial charge in [0.05, 0.1) is 5.52 Å². The Hall–Kier alpha value is -1.39. The minimum Gasteiger partial charge on any atom is -0.276 e. The number of fused-ring (bicyclic) bond motifs is 1. The van der Waals surface area contributed by atoms with Crippen LogP contribution in [0.1, 0.15) is 6.92 Å². The van der Waals surface area contributed by atoms with Gasteiger partial charge in [-0.05, 0) is 31.2 Å². The van der Waals surface area contributed by atoms with Crippen molar-refractivity contribution >= 4 is 22.5 Å². The zero-order chi connectivity index (χ0) is 9.26. The number of nitrogens with zero attached hydrogens (tertiary/aromatic N) is 1. The summed E-state index contributed by atoms with van der Waals surface area (Å²) < 4.78 is 1.89. The van der Waals surface area contributed by atoms with Gasteiger partial charge in [-0.2, -0.15) is 0 Å². The summed E-state index contributed by atoms with van der Waals surface area (Å²) in [5.41, 5.74) is 1.10. The van der Waals surface area contributed by atoms with E-state index in [0.717, 1.165) is 15.9 Å². The van der Waals surface area contributed by atoms with Crippen LogP contribution in [0.2, 0.25) is 5.02 Å². The van der Waals surface area contributed by atoms with Gasteiger partial charge in [-0.25, -0.2) is 0 Å². The topological polar surface area (TPSA) is 4.93 Å². The fourth-order valence-electron chi connectivity index (χ4n) is 1.33. The van der Waals surface area contributed by atoms with E-state index in [4.69, 9.17) is 11.6 Å². The van der Waals surface area contributed by atoms with Crippen LogP contribution in [0.3, 0.4) is 0 Å². The van der Waals surface area contributed by atoms with Gasteiger partial charge < -0.3 is 0 Å². The summed E-state index contributed by atoms with van der Waals surface area (Å²) in [6.07, 6.45) is 1.94. The summed E-state index contributed by atoms with van der Waals surface area (Å²) in [6.45, 7) is 1.82. The van der Waals surface area contributed by atoms with Crippen molar-refractivity contribution in [1.29, 1.82) is 0 Å². The Balaban J connectivity index is 2.73. The highest BCUT2D eigenvalue weighted by Crippen LogP contribution is 2.19. The van der Waals surface area contributed by atoms with Crippen molar-refractivity contribution in [3.05, 3.63) is 35.5 Å². The van der Waals surface area contributed by atoms with Crippen LogP contribution in [0.15, 0.2) is 30.5 Å². The molecule has 1 aromatic carbocycles. The van der Waals surface area contributed by atoms with E-state index >= 15 is 0 Å². The molecule has 0 aliphatic rings. The SMILES string of the molecule is CC#Cn1ccc2cc(Cl)ccc21. The highest BCUT2D eigenvalue weighted by Gasteiger charge is 1.98. The smallest absolute Gasteiger partial charge is 0.0612 e. The molecule has 0 saturated carbocycles. The van der Waals surface area contributed by atoms with E-state index < -0.39 is 0 Å². The lowest BCUT2D eigenvalue weighted by Gasteiger charge is -1.94. The van der Waals surface area contributed by atoms with Crippen molar-refractivity contribution in [2.45, 2.75) is 6.92 Å². The molecule has 2 heteroatoms. The maximum absolute atomic E-state index is 5.86. The molecule has 0 fully saturated rings. The summed E-state index contributed by atoms with van der Waals surface area (Å²) in [6, 6.07) is 10.8. The quantitative estimate of drug-likeness (QED) is 0.562. The molecule has 1 nitrogen and oxygen atoms in total. The van der Waals surface area contributed by atoms with E-state index in [-0.39, 0.29) is 0 Å². The van der Waals surface area contributed by atoms with Crippen LogP contribution in [0.5, 0.6) is 0 Å². The van der Waals surface area contributed by atoms with Crippen molar-refractivity contribution in [1.82, 2.24) is 4.57 Å². The van der Waals surface area contributed by atoms with Crippen LogP contribution in [0.4, 0.5) is 0 Å². The first-order valence-corrected chi connectivity index (χ1v) is 4.38. The lowest BCUT2D eigenvalue weighted by Crippen LogP contribution is -1.83. The monoisotopic (exact) mass is 189 g/mol. The fraction of sp³-hybridized carbons (Fsp3) is 0.0909. The molecule has 1 aromatic heterocycles. The largest absolute Gasteiger partial charge is 0.276 e. The normalized spacial score (nSPS) is 9.69. The van der Waals surface area contributed by atoms with Gasteiger partial charge in [-0.1, -0.05) is 17.5 Å². The van der Waals surface area contributed by atoms with Crippen LogP contribution in [-0.4, -0.2) is 4.57 Å². The van der Waals surface area contributed by atoms with Crippen LogP contribution in [0.25, 0.3) is 10.9 Å². The second kappa shape index (κ2) is 3.16. The Kier molecular flexibility index (Phi) is 2.00.